The van der Waals surface area contributed by atoms with Crippen molar-refractivity contribution in [3.05, 3.63) is 28.7 Å². The van der Waals surface area contributed by atoms with Gasteiger partial charge in [-0.2, -0.15) is 0 Å². The quantitative estimate of drug-likeness (QED) is 0.908. The molecule has 0 atom stereocenters. The number of halogens is 1. The first-order chi connectivity index (χ1) is 7.58. The van der Waals surface area contributed by atoms with E-state index in [9.17, 15) is 8.42 Å². The third-order valence-corrected chi connectivity index (χ3v) is 4.67. The van der Waals surface area contributed by atoms with Crippen LogP contribution in [-0.4, -0.2) is 15.0 Å². The molecule has 1 saturated carbocycles. The van der Waals surface area contributed by atoms with Crippen LogP contribution in [0.2, 0.25) is 0 Å². The summed E-state index contributed by atoms with van der Waals surface area (Å²) in [5, 5.41) is 0. The highest BCUT2D eigenvalue weighted by Gasteiger charge is 2.21. The lowest BCUT2D eigenvalue weighted by Crippen LogP contribution is -2.25. The van der Waals surface area contributed by atoms with E-state index in [1.54, 1.807) is 24.3 Å². The van der Waals surface area contributed by atoms with Crippen LogP contribution in [0.5, 0.6) is 0 Å². The van der Waals surface area contributed by atoms with Gasteiger partial charge in [-0.25, -0.2) is 13.1 Å². The molecule has 88 valence electrons. The van der Waals surface area contributed by atoms with E-state index in [-0.39, 0.29) is 0 Å². The molecule has 0 bridgehead atoms. The second kappa shape index (κ2) is 4.85. The molecular formula is C11H14BrNO2S. The number of hydrogen-bond donors (Lipinski definition) is 1. The van der Waals surface area contributed by atoms with Crippen LogP contribution >= 0.6 is 15.9 Å². The molecule has 0 spiro atoms. The van der Waals surface area contributed by atoms with Crippen molar-refractivity contribution in [1.29, 1.82) is 0 Å². The highest BCUT2D eigenvalue weighted by atomic mass is 79.9. The van der Waals surface area contributed by atoms with Crippen molar-refractivity contribution in [3.63, 3.8) is 0 Å². The maximum atomic E-state index is 11.8. The van der Waals surface area contributed by atoms with Crippen molar-refractivity contribution in [2.45, 2.75) is 24.2 Å². The molecule has 5 heteroatoms. The Bertz CT molecular complexity index is 451. The molecule has 1 fully saturated rings. The molecule has 1 aromatic rings. The third-order valence-electron chi connectivity index (χ3n) is 2.67. The molecule has 16 heavy (non-hydrogen) atoms. The minimum absolute atomic E-state index is 0.325. The molecule has 1 aliphatic carbocycles. The molecule has 1 aliphatic rings. The minimum Gasteiger partial charge on any atom is -0.211 e. The number of rotatable bonds is 5. The van der Waals surface area contributed by atoms with E-state index in [0.29, 0.717) is 11.4 Å². The van der Waals surface area contributed by atoms with Gasteiger partial charge in [-0.05, 0) is 36.6 Å². The SMILES string of the molecule is O=S(=O)(NCCC1CC1)c1ccc(Br)cc1. The fourth-order valence-corrected chi connectivity index (χ4v) is 2.81. The highest BCUT2D eigenvalue weighted by molar-refractivity contribution is 9.10. The molecule has 0 radical (unpaired) electrons. The zero-order valence-electron chi connectivity index (χ0n) is 8.82. The molecule has 0 heterocycles. The Kier molecular flexibility index (Phi) is 3.66. The van der Waals surface area contributed by atoms with Crippen molar-refractivity contribution < 1.29 is 8.42 Å². The van der Waals surface area contributed by atoms with Gasteiger partial charge in [-0.15, -0.1) is 0 Å². The summed E-state index contributed by atoms with van der Waals surface area (Å²) in [5.74, 6) is 0.743. The van der Waals surface area contributed by atoms with Crippen LogP contribution in [0.1, 0.15) is 19.3 Å². The first-order valence-corrected chi connectivity index (χ1v) is 7.61. The van der Waals surface area contributed by atoms with E-state index in [4.69, 9.17) is 0 Å². The Balaban J connectivity index is 1.97. The monoisotopic (exact) mass is 303 g/mol. The van der Waals surface area contributed by atoms with Gasteiger partial charge < -0.3 is 0 Å². The number of hydrogen-bond acceptors (Lipinski definition) is 2. The second-order valence-electron chi connectivity index (χ2n) is 4.08. The van der Waals surface area contributed by atoms with Crippen LogP contribution in [0, 0.1) is 5.92 Å². The van der Waals surface area contributed by atoms with Gasteiger partial charge >= 0.3 is 0 Å². The smallest absolute Gasteiger partial charge is 0.211 e. The third kappa shape index (κ3) is 3.30. The van der Waals surface area contributed by atoms with Crippen LogP contribution in [0.3, 0.4) is 0 Å². The van der Waals surface area contributed by atoms with Crippen molar-refractivity contribution in [3.8, 4) is 0 Å². The van der Waals surface area contributed by atoms with E-state index in [1.165, 1.54) is 12.8 Å². The van der Waals surface area contributed by atoms with Crippen LogP contribution in [0.4, 0.5) is 0 Å². The van der Waals surface area contributed by atoms with Crippen LogP contribution < -0.4 is 4.72 Å². The van der Waals surface area contributed by atoms with Crippen LogP contribution in [0.25, 0.3) is 0 Å². The average molecular weight is 304 g/mol. The summed E-state index contributed by atoms with van der Waals surface area (Å²) in [6.45, 7) is 0.545. The predicted octanol–water partition coefficient (Wildman–Crippen LogP) is 2.53. The first kappa shape index (κ1) is 12.1. The Morgan fingerprint density at radius 3 is 2.44 bits per heavy atom. The second-order valence-corrected chi connectivity index (χ2v) is 6.77. The van der Waals surface area contributed by atoms with Gasteiger partial charge in [-0.3, -0.25) is 0 Å². The summed E-state index contributed by atoms with van der Waals surface area (Å²) < 4.78 is 27.1. The maximum Gasteiger partial charge on any atom is 0.240 e. The molecule has 2 rings (SSSR count). The average Bonchev–Trinajstić information content (AvgIpc) is 3.02. The summed E-state index contributed by atoms with van der Waals surface area (Å²) >= 11 is 3.28. The Labute approximate surface area is 104 Å². The standard InChI is InChI=1S/C11H14BrNO2S/c12-10-3-5-11(6-4-10)16(14,15)13-8-7-9-1-2-9/h3-6,9,13H,1-2,7-8H2. The van der Waals surface area contributed by atoms with Crippen molar-refractivity contribution in [2.24, 2.45) is 5.92 Å². The van der Waals surface area contributed by atoms with Gasteiger partial charge in [0.25, 0.3) is 0 Å². The van der Waals surface area contributed by atoms with Crippen LogP contribution in [-0.2, 0) is 10.0 Å². The number of sulfonamides is 1. The van der Waals surface area contributed by atoms with Crippen molar-refractivity contribution in [2.75, 3.05) is 6.54 Å². The topological polar surface area (TPSA) is 46.2 Å². The van der Waals surface area contributed by atoms with E-state index in [0.717, 1.165) is 16.8 Å². The molecule has 0 saturated heterocycles. The first-order valence-electron chi connectivity index (χ1n) is 5.33. The highest BCUT2D eigenvalue weighted by Crippen LogP contribution is 2.31. The predicted molar refractivity (Wildman–Crippen MR) is 66.7 cm³/mol. The van der Waals surface area contributed by atoms with Gasteiger partial charge in [0.2, 0.25) is 10.0 Å². The van der Waals surface area contributed by atoms with E-state index in [2.05, 4.69) is 20.7 Å². The van der Waals surface area contributed by atoms with Gasteiger partial charge in [-0.1, -0.05) is 28.8 Å². The van der Waals surface area contributed by atoms with Gasteiger partial charge in [0, 0.05) is 11.0 Å². The lowest BCUT2D eigenvalue weighted by atomic mass is 10.3. The largest absolute Gasteiger partial charge is 0.240 e. The molecule has 3 nitrogen and oxygen atoms in total. The van der Waals surface area contributed by atoms with Crippen LogP contribution in [0.15, 0.2) is 33.6 Å². The van der Waals surface area contributed by atoms with Crippen molar-refractivity contribution >= 4 is 26.0 Å². The molecule has 0 aromatic heterocycles. The summed E-state index contributed by atoms with van der Waals surface area (Å²) in [7, 11) is -3.32. The lowest BCUT2D eigenvalue weighted by molar-refractivity contribution is 0.575. The molecule has 0 aliphatic heterocycles. The fraction of sp³-hybridized carbons (Fsp3) is 0.455. The van der Waals surface area contributed by atoms with E-state index < -0.39 is 10.0 Å². The van der Waals surface area contributed by atoms with Gasteiger partial charge in [0.05, 0.1) is 4.90 Å². The summed E-state index contributed by atoms with van der Waals surface area (Å²) in [4.78, 5) is 0.325. The van der Waals surface area contributed by atoms with Gasteiger partial charge in [0.15, 0.2) is 0 Å². The number of benzene rings is 1. The minimum atomic E-state index is -3.32. The molecule has 0 unspecified atom stereocenters. The van der Waals surface area contributed by atoms with E-state index in [1.807, 2.05) is 0 Å². The van der Waals surface area contributed by atoms with E-state index >= 15 is 0 Å². The molecule has 0 amide bonds. The van der Waals surface area contributed by atoms with Gasteiger partial charge in [0.1, 0.15) is 0 Å². The zero-order chi connectivity index (χ0) is 11.6. The number of nitrogens with one attached hydrogen (secondary N) is 1. The molecule has 1 N–H and O–H groups in total. The normalized spacial score (nSPS) is 16.3. The Hall–Kier alpha value is -0.390. The summed E-state index contributed by atoms with van der Waals surface area (Å²) in [5.41, 5.74) is 0. The Morgan fingerprint density at radius 1 is 1.25 bits per heavy atom. The van der Waals surface area contributed by atoms with Crippen molar-refractivity contribution in [1.82, 2.24) is 4.72 Å². The maximum absolute atomic E-state index is 11.8. The molecule has 1 aromatic carbocycles. The lowest BCUT2D eigenvalue weighted by Gasteiger charge is -2.06. The fourth-order valence-electron chi connectivity index (χ4n) is 1.50. The summed E-state index contributed by atoms with van der Waals surface area (Å²) in [6, 6.07) is 6.66. The Morgan fingerprint density at radius 2 is 1.88 bits per heavy atom. The molecular weight excluding hydrogens is 290 g/mol. The zero-order valence-corrected chi connectivity index (χ0v) is 11.2. The summed E-state index contributed by atoms with van der Waals surface area (Å²) in [6.07, 6.45) is 3.45.